The van der Waals surface area contributed by atoms with Gasteiger partial charge in [0, 0.05) is 18.6 Å². The zero-order chi connectivity index (χ0) is 12.3. The smallest absolute Gasteiger partial charge is 0.0614 e. The van der Waals surface area contributed by atoms with E-state index in [0.29, 0.717) is 22.3 Å². The van der Waals surface area contributed by atoms with E-state index in [2.05, 4.69) is 5.32 Å². The summed E-state index contributed by atoms with van der Waals surface area (Å²) >= 11 is 11.7. The van der Waals surface area contributed by atoms with Crippen LogP contribution in [0, 0.1) is 5.41 Å². The van der Waals surface area contributed by atoms with Crippen LogP contribution in [0.4, 0.5) is 11.4 Å². The van der Waals surface area contributed by atoms with Gasteiger partial charge < -0.3 is 16.2 Å². The predicted octanol–water partition coefficient (Wildman–Crippen LogP) is 3.01. The Hall–Kier alpha value is -0.640. The van der Waals surface area contributed by atoms with Crippen LogP contribution in [0.1, 0.15) is 13.8 Å². The van der Waals surface area contributed by atoms with Crippen molar-refractivity contribution in [3.63, 3.8) is 0 Å². The van der Waals surface area contributed by atoms with Crippen LogP contribution >= 0.6 is 23.2 Å². The van der Waals surface area contributed by atoms with Crippen molar-refractivity contribution in [1.29, 1.82) is 0 Å². The highest BCUT2D eigenvalue weighted by Gasteiger charge is 2.16. The van der Waals surface area contributed by atoms with Crippen molar-refractivity contribution >= 4 is 34.6 Å². The quantitative estimate of drug-likeness (QED) is 0.732. The van der Waals surface area contributed by atoms with Crippen molar-refractivity contribution < 1.29 is 5.11 Å². The number of nitrogens with one attached hydrogen (secondary N) is 1. The molecule has 0 aliphatic rings. The SMILES string of the molecule is CC(C)(CO)CNc1cc(Cl)c(Cl)cc1N. The molecule has 0 saturated heterocycles. The summed E-state index contributed by atoms with van der Waals surface area (Å²) in [6.07, 6.45) is 0. The van der Waals surface area contributed by atoms with Crippen molar-refractivity contribution in [3.05, 3.63) is 22.2 Å². The zero-order valence-corrected chi connectivity index (χ0v) is 10.9. The topological polar surface area (TPSA) is 58.3 Å². The number of nitrogens with two attached hydrogens (primary N) is 1. The van der Waals surface area contributed by atoms with Gasteiger partial charge in [-0.2, -0.15) is 0 Å². The van der Waals surface area contributed by atoms with Crippen LogP contribution in [0.3, 0.4) is 0 Å². The Kier molecular flexibility index (Phi) is 4.30. The summed E-state index contributed by atoms with van der Waals surface area (Å²) in [4.78, 5) is 0. The zero-order valence-electron chi connectivity index (χ0n) is 9.35. The Balaban J connectivity index is 2.79. The fourth-order valence-corrected chi connectivity index (χ4v) is 1.44. The molecule has 0 bridgehead atoms. The molecule has 16 heavy (non-hydrogen) atoms. The third kappa shape index (κ3) is 3.44. The first kappa shape index (κ1) is 13.4. The summed E-state index contributed by atoms with van der Waals surface area (Å²) in [5.41, 5.74) is 6.86. The highest BCUT2D eigenvalue weighted by molar-refractivity contribution is 6.42. The summed E-state index contributed by atoms with van der Waals surface area (Å²) in [6, 6.07) is 3.30. The van der Waals surface area contributed by atoms with Gasteiger partial charge in [-0.25, -0.2) is 0 Å². The predicted molar refractivity (Wildman–Crippen MR) is 70.2 cm³/mol. The molecule has 0 aliphatic carbocycles. The second-order valence-corrected chi connectivity index (χ2v) is 5.34. The fraction of sp³-hybridized carbons (Fsp3) is 0.455. The standard InChI is InChI=1S/C11H16Cl2N2O/c1-11(2,6-16)5-15-10-4-8(13)7(12)3-9(10)14/h3-4,15-16H,5-6,14H2,1-2H3. The first-order valence-corrected chi connectivity index (χ1v) is 5.70. The van der Waals surface area contributed by atoms with Gasteiger partial charge in [-0.05, 0) is 12.1 Å². The largest absolute Gasteiger partial charge is 0.397 e. The van der Waals surface area contributed by atoms with Crippen molar-refractivity contribution in [2.24, 2.45) is 5.41 Å². The van der Waals surface area contributed by atoms with Crippen LogP contribution in [0.5, 0.6) is 0 Å². The molecule has 1 rings (SSSR count). The molecule has 5 heteroatoms. The van der Waals surface area contributed by atoms with E-state index in [1.54, 1.807) is 12.1 Å². The Morgan fingerprint density at radius 3 is 2.44 bits per heavy atom. The van der Waals surface area contributed by atoms with Gasteiger partial charge in [0.2, 0.25) is 0 Å². The summed E-state index contributed by atoms with van der Waals surface area (Å²) in [6.45, 7) is 4.61. The minimum absolute atomic E-state index is 0.0984. The number of benzene rings is 1. The first-order valence-electron chi connectivity index (χ1n) is 4.95. The minimum Gasteiger partial charge on any atom is -0.397 e. The van der Waals surface area contributed by atoms with Crippen molar-refractivity contribution in [2.75, 3.05) is 24.2 Å². The lowest BCUT2D eigenvalue weighted by molar-refractivity contribution is 0.171. The Morgan fingerprint density at radius 1 is 1.31 bits per heavy atom. The molecule has 0 amide bonds. The van der Waals surface area contributed by atoms with E-state index >= 15 is 0 Å². The van der Waals surface area contributed by atoms with Gasteiger partial charge in [-0.3, -0.25) is 0 Å². The molecule has 0 fully saturated rings. The maximum atomic E-state index is 9.12. The van der Waals surface area contributed by atoms with Gasteiger partial charge in [0.15, 0.2) is 0 Å². The number of nitrogen functional groups attached to an aromatic ring is 1. The molecule has 0 aromatic heterocycles. The summed E-state index contributed by atoms with van der Waals surface area (Å²) < 4.78 is 0. The second kappa shape index (κ2) is 5.13. The summed E-state index contributed by atoms with van der Waals surface area (Å²) in [5.74, 6) is 0. The first-order chi connectivity index (χ1) is 7.35. The number of halogens is 2. The molecule has 1 aromatic carbocycles. The van der Waals surface area contributed by atoms with E-state index in [1.807, 2.05) is 13.8 Å². The van der Waals surface area contributed by atoms with Gasteiger partial charge in [-0.15, -0.1) is 0 Å². The van der Waals surface area contributed by atoms with Crippen molar-refractivity contribution in [2.45, 2.75) is 13.8 Å². The summed E-state index contributed by atoms with van der Waals surface area (Å²) in [7, 11) is 0. The van der Waals surface area contributed by atoms with E-state index in [1.165, 1.54) is 0 Å². The highest BCUT2D eigenvalue weighted by Crippen LogP contribution is 2.31. The van der Waals surface area contributed by atoms with Crippen molar-refractivity contribution in [3.8, 4) is 0 Å². The van der Waals surface area contributed by atoms with Crippen LogP contribution < -0.4 is 11.1 Å². The molecule has 0 unspecified atom stereocenters. The molecule has 0 aliphatic heterocycles. The second-order valence-electron chi connectivity index (χ2n) is 4.53. The minimum atomic E-state index is -0.210. The molecule has 4 N–H and O–H groups in total. The van der Waals surface area contributed by atoms with Crippen molar-refractivity contribution in [1.82, 2.24) is 0 Å². The Bertz CT molecular complexity index is 380. The molecule has 0 heterocycles. The lowest BCUT2D eigenvalue weighted by Crippen LogP contribution is -2.27. The fourth-order valence-electron chi connectivity index (χ4n) is 1.11. The molecule has 0 spiro atoms. The average Bonchev–Trinajstić information content (AvgIpc) is 2.22. The molecular weight excluding hydrogens is 247 g/mol. The highest BCUT2D eigenvalue weighted by atomic mass is 35.5. The number of aliphatic hydroxyl groups is 1. The van der Waals surface area contributed by atoms with E-state index in [9.17, 15) is 0 Å². The van der Waals surface area contributed by atoms with Crippen LogP contribution in [-0.4, -0.2) is 18.3 Å². The van der Waals surface area contributed by atoms with Gasteiger partial charge in [-0.1, -0.05) is 37.0 Å². The average molecular weight is 263 g/mol. The van der Waals surface area contributed by atoms with Gasteiger partial charge in [0.1, 0.15) is 0 Å². The molecule has 1 aromatic rings. The normalized spacial score (nSPS) is 11.6. The van der Waals surface area contributed by atoms with Crippen LogP contribution in [0.15, 0.2) is 12.1 Å². The van der Waals surface area contributed by atoms with E-state index in [-0.39, 0.29) is 12.0 Å². The van der Waals surface area contributed by atoms with Crippen LogP contribution in [-0.2, 0) is 0 Å². The van der Waals surface area contributed by atoms with Crippen LogP contribution in [0.2, 0.25) is 10.0 Å². The van der Waals surface area contributed by atoms with Gasteiger partial charge >= 0.3 is 0 Å². The number of anilines is 2. The van der Waals surface area contributed by atoms with E-state index in [4.69, 9.17) is 34.0 Å². The molecular formula is C11H16Cl2N2O. The maximum Gasteiger partial charge on any atom is 0.0614 e. The third-order valence-corrected chi connectivity index (χ3v) is 3.00. The molecule has 90 valence electrons. The van der Waals surface area contributed by atoms with Gasteiger partial charge in [0.05, 0.1) is 21.4 Å². The molecule has 3 nitrogen and oxygen atoms in total. The molecule has 0 saturated carbocycles. The maximum absolute atomic E-state index is 9.12. The Labute approximate surface area is 106 Å². The van der Waals surface area contributed by atoms with Crippen LogP contribution in [0.25, 0.3) is 0 Å². The number of aliphatic hydroxyl groups excluding tert-OH is 1. The number of hydrogen-bond acceptors (Lipinski definition) is 3. The number of hydrogen-bond donors (Lipinski definition) is 3. The Morgan fingerprint density at radius 2 is 1.88 bits per heavy atom. The molecule has 0 atom stereocenters. The lowest BCUT2D eigenvalue weighted by Gasteiger charge is -2.23. The lowest BCUT2D eigenvalue weighted by atomic mass is 9.95. The summed E-state index contributed by atoms with van der Waals surface area (Å²) in [5, 5.41) is 13.2. The van der Waals surface area contributed by atoms with Gasteiger partial charge in [0.25, 0.3) is 0 Å². The van der Waals surface area contributed by atoms with E-state index in [0.717, 1.165) is 5.69 Å². The third-order valence-electron chi connectivity index (χ3n) is 2.28. The monoisotopic (exact) mass is 262 g/mol. The molecule has 0 radical (unpaired) electrons. The van der Waals surface area contributed by atoms with E-state index < -0.39 is 0 Å². The number of rotatable bonds is 4.